The lowest BCUT2D eigenvalue weighted by atomic mass is 10.3. The van der Waals surface area contributed by atoms with Crippen molar-refractivity contribution in [3.05, 3.63) is 30.1 Å². The van der Waals surface area contributed by atoms with Crippen LogP contribution in [0.25, 0.3) is 0 Å². The number of aromatic nitrogens is 1. The van der Waals surface area contributed by atoms with Crippen LogP contribution in [0.2, 0.25) is 0 Å². The van der Waals surface area contributed by atoms with Crippen LogP contribution in [0.15, 0.2) is 24.5 Å². The van der Waals surface area contributed by atoms with E-state index >= 15 is 0 Å². The van der Waals surface area contributed by atoms with Gasteiger partial charge in [0.25, 0.3) is 15.4 Å². The molecular formula is C10H16AlCl2N. The fourth-order valence-corrected chi connectivity index (χ4v) is 1.13. The number of rotatable bonds is 3. The van der Waals surface area contributed by atoms with Crippen molar-refractivity contribution in [3.63, 3.8) is 0 Å². The van der Waals surface area contributed by atoms with Crippen LogP contribution in [-0.2, 0) is 6.54 Å². The predicted molar refractivity (Wildman–Crippen MR) is 57.9 cm³/mol. The molecular weight excluding hydrogens is 232 g/mol. The molecule has 4 heteroatoms. The molecule has 78 valence electrons. The lowest BCUT2D eigenvalue weighted by molar-refractivity contribution is -0.697. The monoisotopic (exact) mass is 247 g/mol. The maximum atomic E-state index is 4.56. The number of pyridine rings is 1. The first-order valence-corrected chi connectivity index (χ1v) is 6.25. The molecule has 1 aromatic rings. The second-order valence-corrected chi connectivity index (χ2v) is 2.97. The largest absolute Gasteiger partial charge is 1.00 e. The normalized spacial score (nSPS) is 8.21. The topological polar surface area (TPSA) is 3.88 Å². The Balaban J connectivity index is 0. The highest BCUT2D eigenvalue weighted by molar-refractivity contribution is 6.80. The highest BCUT2D eigenvalue weighted by atomic mass is 35.6. The van der Waals surface area contributed by atoms with Crippen LogP contribution in [0.4, 0.5) is 0 Å². The number of halogens is 2. The van der Waals surface area contributed by atoms with Gasteiger partial charge in [-0.1, -0.05) is 13.3 Å². The van der Waals surface area contributed by atoms with Crippen molar-refractivity contribution in [1.29, 1.82) is 0 Å². The summed E-state index contributed by atoms with van der Waals surface area (Å²) >= 11 is 1.89. The molecule has 0 aliphatic carbocycles. The minimum Gasteiger partial charge on any atom is -1.00 e. The van der Waals surface area contributed by atoms with Gasteiger partial charge in [-0.3, -0.25) is 10.0 Å². The van der Waals surface area contributed by atoms with Crippen LogP contribution in [0, 0.1) is 6.92 Å². The summed E-state index contributed by atoms with van der Waals surface area (Å²) in [6.45, 7) is 5.50. The van der Waals surface area contributed by atoms with Crippen LogP contribution < -0.4 is 17.0 Å². The average molecular weight is 248 g/mol. The van der Waals surface area contributed by atoms with E-state index in [2.05, 4.69) is 53.0 Å². The molecule has 0 amide bonds. The Morgan fingerprint density at radius 2 is 2.07 bits per heavy atom. The number of hydrogen-bond acceptors (Lipinski definition) is 0. The molecule has 0 aliphatic rings. The Bertz CT molecular complexity index is 231. The highest BCUT2D eigenvalue weighted by Gasteiger charge is 1.97. The van der Waals surface area contributed by atoms with Gasteiger partial charge in [-0.05, 0) is 13.0 Å². The predicted octanol–water partition coefficient (Wildman–Crippen LogP) is -0.605. The summed E-state index contributed by atoms with van der Waals surface area (Å²) in [6.07, 6.45) is 6.85. The van der Waals surface area contributed by atoms with Crippen molar-refractivity contribution in [2.24, 2.45) is 0 Å². The summed E-state index contributed by atoms with van der Waals surface area (Å²) in [6, 6.07) is 4.23. The van der Waals surface area contributed by atoms with E-state index in [1.165, 1.54) is 18.4 Å². The van der Waals surface area contributed by atoms with Crippen LogP contribution in [0.1, 0.15) is 25.3 Å². The van der Waals surface area contributed by atoms with Crippen molar-refractivity contribution in [2.75, 3.05) is 0 Å². The van der Waals surface area contributed by atoms with Crippen LogP contribution in [0.5, 0.6) is 0 Å². The molecule has 0 bridgehead atoms. The maximum Gasteiger partial charge on any atom is 0.293 e. The number of unbranched alkanes of at least 4 members (excludes halogenated alkanes) is 1. The molecule has 0 saturated carbocycles. The fourth-order valence-electron chi connectivity index (χ4n) is 1.13. The zero-order chi connectivity index (χ0) is 10.1. The molecule has 1 nitrogen and oxygen atoms in total. The molecule has 2 radical (unpaired) electrons. The second kappa shape index (κ2) is 11.3. The second-order valence-electron chi connectivity index (χ2n) is 2.97. The van der Waals surface area contributed by atoms with Gasteiger partial charge in [-0.25, -0.2) is 4.57 Å². The Morgan fingerprint density at radius 3 is 2.57 bits per heavy atom. The van der Waals surface area contributed by atoms with Gasteiger partial charge in [0.15, 0.2) is 12.4 Å². The van der Waals surface area contributed by atoms with Gasteiger partial charge < -0.3 is 12.4 Å². The van der Waals surface area contributed by atoms with Gasteiger partial charge in [0, 0.05) is 18.1 Å². The Hall–Kier alpha value is 0.262. The quantitative estimate of drug-likeness (QED) is 0.496. The zero-order valence-corrected chi connectivity index (χ0v) is 11.4. The van der Waals surface area contributed by atoms with Crippen LogP contribution in [0.3, 0.4) is 0 Å². The highest BCUT2D eigenvalue weighted by Crippen LogP contribution is 1.91. The van der Waals surface area contributed by atoms with Crippen molar-refractivity contribution in [1.82, 2.24) is 0 Å². The fraction of sp³-hybridized carbons (Fsp3) is 0.500. The lowest BCUT2D eigenvalue weighted by Gasteiger charge is -1.94. The SMILES string of the molecule is CCCC[n+]1cccc(C)c1.[Al][Cl].[Cl-]. The van der Waals surface area contributed by atoms with E-state index in [0.717, 1.165) is 6.54 Å². The molecule has 0 aliphatic heterocycles. The first-order chi connectivity index (χ1) is 6.33. The number of nitrogens with zero attached hydrogens (tertiary/aromatic N) is 1. The summed E-state index contributed by atoms with van der Waals surface area (Å²) < 4.78 is 2.25. The Morgan fingerprint density at radius 1 is 1.43 bits per heavy atom. The molecule has 0 atom stereocenters. The number of aryl methyl sites for hydroxylation is 2. The van der Waals surface area contributed by atoms with E-state index in [4.69, 9.17) is 0 Å². The van der Waals surface area contributed by atoms with E-state index in [1.54, 1.807) is 0 Å². The molecule has 14 heavy (non-hydrogen) atoms. The number of hydrogen-bond donors (Lipinski definition) is 0. The van der Waals surface area contributed by atoms with E-state index in [-0.39, 0.29) is 12.4 Å². The molecule has 1 heterocycles. The van der Waals surface area contributed by atoms with E-state index in [9.17, 15) is 0 Å². The molecule has 0 spiro atoms. The summed E-state index contributed by atoms with van der Waals surface area (Å²) in [7, 11) is 4.56. The molecule has 0 saturated heterocycles. The third kappa shape index (κ3) is 7.65. The Kier molecular flexibility index (Phi) is 13.5. The van der Waals surface area contributed by atoms with Gasteiger partial charge in [0.05, 0.1) is 0 Å². The first kappa shape index (κ1) is 16.7. The van der Waals surface area contributed by atoms with Crippen molar-refractivity contribution >= 4 is 25.4 Å². The molecule has 0 N–H and O–H groups in total. The van der Waals surface area contributed by atoms with E-state index in [1.807, 2.05) is 15.4 Å². The van der Waals surface area contributed by atoms with Crippen LogP contribution >= 0.6 is 10.0 Å². The van der Waals surface area contributed by atoms with Crippen molar-refractivity contribution < 1.29 is 17.0 Å². The minimum absolute atomic E-state index is 0. The maximum absolute atomic E-state index is 4.56. The summed E-state index contributed by atoms with van der Waals surface area (Å²) in [5.74, 6) is 0. The third-order valence-electron chi connectivity index (χ3n) is 1.78. The van der Waals surface area contributed by atoms with Gasteiger partial charge in [0.2, 0.25) is 0 Å². The van der Waals surface area contributed by atoms with Crippen molar-refractivity contribution in [2.45, 2.75) is 33.2 Å². The minimum atomic E-state index is 0. The van der Waals surface area contributed by atoms with Gasteiger partial charge in [-0.2, -0.15) is 0 Å². The summed E-state index contributed by atoms with van der Waals surface area (Å²) in [4.78, 5) is 0. The van der Waals surface area contributed by atoms with E-state index in [0.29, 0.717) is 0 Å². The van der Waals surface area contributed by atoms with Gasteiger partial charge in [-0.15, -0.1) is 0 Å². The molecule has 0 aromatic carbocycles. The Labute approximate surface area is 106 Å². The smallest absolute Gasteiger partial charge is 0.293 e. The lowest BCUT2D eigenvalue weighted by Crippen LogP contribution is -3.00. The van der Waals surface area contributed by atoms with Crippen LogP contribution in [-0.4, -0.2) is 15.4 Å². The third-order valence-corrected chi connectivity index (χ3v) is 1.78. The summed E-state index contributed by atoms with van der Waals surface area (Å²) in [5.41, 5.74) is 1.34. The standard InChI is InChI=1S/C10H16N.Al.2ClH/c1-3-4-7-11-8-5-6-10(2)9-11;;;/h5-6,8-9H,3-4,7H2,1-2H3;;2*1H/q2*+1;;/p-2. The molecule has 0 unspecified atom stereocenters. The first-order valence-electron chi connectivity index (χ1n) is 4.50. The molecule has 1 aromatic heterocycles. The average Bonchev–Trinajstić information content (AvgIpc) is 2.18. The molecule has 0 fully saturated rings. The van der Waals surface area contributed by atoms with Gasteiger partial charge in [0.1, 0.15) is 6.54 Å². The molecule has 1 rings (SSSR count). The van der Waals surface area contributed by atoms with Gasteiger partial charge >= 0.3 is 0 Å². The zero-order valence-electron chi connectivity index (χ0n) is 8.71. The summed E-state index contributed by atoms with van der Waals surface area (Å²) in [5, 5.41) is 0. The van der Waals surface area contributed by atoms with E-state index < -0.39 is 0 Å². The van der Waals surface area contributed by atoms with Crippen molar-refractivity contribution in [3.8, 4) is 0 Å².